The largest absolute Gasteiger partial charge is 0.394 e. The molecule has 2 rings (SSSR count). The van der Waals surface area contributed by atoms with Crippen molar-refractivity contribution in [3.05, 3.63) is 58.5 Å². The van der Waals surface area contributed by atoms with Crippen LogP contribution in [0.2, 0.25) is 0 Å². The highest BCUT2D eigenvalue weighted by Gasteiger charge is 2.08. The Kier molecular flexibility index (Phi) is 4.09. The molecule has 0 aliphatic carbocycles. The van der Waals surface area contributed by atoms with Gasteiger partial charge in [0.15, 0.2) is 0 Å². The lowest BCUT2D eigenvalue weighted by atomic mass is 10.1. The Morgan fingerprint density at radius 2 is 2.11 bits per heavy atom. The molecular weight excluding hydrogens is 230 g/mol. The first-order valence-corrected chi connectivity index (χ1v) is 5.74. The maximum atomic E-state index is 11.1. The highest BCUT2D eigenvalue weighted by atomic mass is 16.3. The molecule has 1 aromatic heterocycles. The van der Waals surface area contributed by atoms with Gasteiger partial charge in [0, 0.05) is 6.07 Å². The summed E-state index contributed by atoms with van der Waals surface area (Å²) in [4.78, 5) is 11.1. The molecule has 5 heteroatoms. The Morgan fingerprint density at radius 1 is 1.33 bits per heavy atom. The number of nitrogens with zero attached hydrogens (tertiary/aromatic N) is 1. The van der Waals surface area contributed by atoms with Crippen molar-refractivity contribution in [2.75, 3.05) is 11.9 Å². The van der Waals surface area contributed by atoms with Crippen LogP contribution in [0, 0.1) is 0 Å². The van der Waals surface area contributed by atoms with Crippen LogP contribution in [0.1, 0.15) is 5.56 Å². The zero-order chi connectivity index (χ0) is 12.8. The first kappa shape index (κ1) is 12.3. The number of aliphatic hydroxyl groups excluding tert-OH is 1. The van der Waals surface area contributed by atoms with Gasteiger partial charge in [-0.1, -0.05) is 30.3 Å². The van der Waals surface area contributed by atoms with E-state index in [1.165, 1.54) is 12.3 Å². The van der Waals surface area contributed by atoms with Crippen molar-refractivity contribution in [1.82, 2.24) is 10.2 Å². The molecule has 0 fully saturated rings. The van der Waals surface area contributed by atoms with Crippen LogP contribution >= 0.6 is 0 Å². The van der Waals surface area contributed by atoms with E-state index in [1.54, 1.807) is 0 Å². The van der Waals surface area contributed by atoms with Crippen molar-refractivity contribution < 1.29 is 5.11 Å². The van der Waals surface area contributed by atoms with Crippen LogP contribution in [0.15, 0.2) is 47.4 Å². The van der Waals surface area contributed by atoms with Gasteiger partial charge in [0.25, 0.3) is 5.56 Å². The van der Waals surface area contributed by atoms with Gasteiger partial charge < -0.3 is 10.4 Å². The van der Waals surface area contributed by atoms with E-state index in [2.05, 4.69) is 15.5 Å². The van der Waals surface area contributed by atoms with Crippen LogP contribution in [0.4, 0.5) is 5.69 Å². The van der Waals surface area contributed by atoms with Crippen molar-refractivity contribution in [1.29, 1.82) is 0 Å². The van der Waals surface area contributed by atoms with Gasteiger partial charge in [0.1, 0.15) is 0 Å². The van der Waals surface area contributed by atoms with Crippen molar-refractivity contribution in [3.8, 4) is 0 Å². The van der Waals surface area contributed by atoms with Gasteiger partial charge in [-0.25, -0.2) is 5.10 Å². The lowest BCUT2D eigenvalue weighted by Crippen LogP contribution is -2.27. The van der Waals surface area contributed by atoms with Gasteiger partial charge in [-0.15, -0.1) is 0 Å². The van der Waals surface area contributed by atoms with E-state index in [0.717, 1.165) is 5.56 Å². The SMILES string of the molecule is O=c1cc(NC(CO)Cc2ccccc2)cn[nH]1. The normalized spacial score (nSPS) is 12.1. The van der Waals surface area contributed by atoms with E-state index in [9.17, 15) is 9.90 Å². The first-order valence-electron chi connectivity index (χ1n) is 5.74. The van der Waals surface area contributed by atoms with Gasteiger partial charge in [-0.05, 0) is 12.0 Å². The summed E-state index contributed by atoms with van der Waals surface area (Å²) < 4.78 is 0. The second-order valence-electron chi connectivity index (χ2n) is 4.05. The van der Waals surface area contributed by atoms with Crippen LogP contribution in [-0.2, 0) is 6.42 Å². The molecule has 1 aromatic carbocycles. The molecule has 0 aliphatic heterocycles. The Labute approximate surface area is 104 Å². The van der Waals surface area contributed by atoms with Crippen molar-refractivity contribution >= 4 is 5.69 Å². The summed E-state index contributed by atoms with van der Waals surface area (Å²) in [6.45, 7) is -0.0122. The van der Waals surface area contributed by atoms with Crippen LogP contribution in [0.5, 0.6) is 0 Å². The number of H-pyrrole nitrogens is 1. The predicted molar refractivity (Wildman–Crippen MR) is 69.5 cm³/mol. The first-order chi connectivity index (χ1) is 8.78. The van der Waals surface area contributed by atoms with Crippen LogP contribution in [0.3, 0.4) is 0 Å². The number of nitrogens with one attached hydrogen (secondary N) is 2. The molecule has 0 aliphatic rings. The predicted octanol–water partition coefficient (Wildman–Crippen LogP) is 0.785. The van der Waals surface area contributed by atoms with E-state index in [4.69, 9.17) is 0 Å². The number of anilines is 1. The van der Waals surface area contributed by atoms with Gasteiger partial charge >= 0.3 is 0 Å². The summed E-state index contributed by atoms with van der Waals surface area (Å²) in [5.74, 6) is 0. The van der Waals surface area contributed by atoms with E-state index in [1.807, 2.05) is 30.3 Å². The molecule has 1 atom stereocenters. The summed E-state index contributed by atoms with van der Waals surface area (Å²) in [6, 6.07) is 11.1. The molecule has 1 unspecified atom stereocenters. The monoisotopic (exact) mass is 245 g/mol. The minimum Gasteiger partial charge on any atom is -0.394 e. The maximum Gasteiger partial charge on any atom is 0.266 e. The zero-order valence-electron chi connectivity index (χ0n) is 9.84. The smallest absolute Gasteiger partial charge is 0.266 e. The number of aromatic nitrogens is 2. The molecule has 18 heavy (non-hydrogen) atoms. The third-order valence-corrected chi connectivity index (χ3v) is 2.58. The fraction of sp³-hybridized carbons (Fsp3) is 0.231. The molecule has 3 N–H and O–H groups in total. The summed E-state index contributed by atoms with van der Waals surface area (Å²) in [5.41, 5.74) is 1.46. The van der Waals surface area contributed by atoms with Crippen molar-refractivity contribution in [2.45, 2.75) is 12.5 Å². The second-order valence-corrected chi connectivity index (χ2v) is 4.05. The molecule has 5 nitrogen and oxygen atoms in total. The van der Waals surface area contributed by atoms with Crippen molar-refractivity contribution in [3.63, 3.8) is 0 Å². The molecule has 2 aromatic rings. The van der Waals surface area contributed by atoms with Gasteiger partial charge in [0.05, 0.1) is 24.5 Å². The van der Waals surface area contributed by atoms with Crippen LogP contribution in [-0.4, -0.2) is 28.0 Å². The number of hydrogen-bond donors (Lipinski definition) is 3. The zero-order valence-corrected chi connectivity index (χ0v) is 9.84. The second kappa shape index (κ2) is 5.97. The summed E-state index contributed by atoms with van der Waals surface area (Å²) in [7, 11) is 0. The van der Waals surface area contributed by atoms with E-state index >= 15 is 0 Å². The molecule has 0 saturated carbocycles. The molecule has 0 saturated heterocycles. The Hall–Kier alpha value is -2.14. The third-order valence-electron chi connectivity index (χ3n) is 2.58. The summed E-state index contributed by atoms with van der Waals surface area (Å²) in [5, 5.41) is 18.4. The Bertz CT molecular complexity index is 539. The minimum absolute atomic E-state index is 0.0122. The Balaban J connectivity index is 2.04. The van der Waals surface area contributed by atoms with Crippen LogP contribution in [0.25, 0.3) is 0 Å². The number of aromatic amines is 1. The standard InChI is InChI=1S/C13H15N3O2/c17-9-12(6-10-4-2-1-3-5-10)15-11-7-13(18)16-14-8-11/h1-5,7-8,12,17H,6,9H2,(H2,15,16,18). The van der Waals surface area contributed by atoms with Gasteiger partial charge in [-0.2, -0.15) is 5.10 Å². The van der Waals surface area contributed by atoms with Crippen LogP contribution < -0.4 is 10.9 Å². The number of benzene rings is 1. The van der Waals surface area contributed by atoms with Gasteiger partial charge in [-0.3, -0.25) is 4.79 Å². The highest BCUT2D eigenvalue weighted by Crippen LogP contribution is 2.08. The average molecular weight is 245 g/mol. The molecular formula is C13H15N3O2. The molecule has 1 heterocycles. The molecule has 0 radical (unpaired) electrons. The molecule has 0 amide bonds. The summed E-state index contributed by atoms with van der Waals surface area (Å²) in [6.07, 6.45) is 2.21. The number of aliphatic hydroxyl groups is 1. The average Bonchev–Trinajstić information content (AvgIpc) is 2.39. The maximum absolute atomic E-state index is 11.1. The fourth-order valence-electron chi connectivity index (χ4n) is 1.75. The molecule has 0 spiro atoms. The molecule has 94 valence electrons. The van der Waals surface area contributed by atoms with Crippen molar-refractivity contribution in [2.24, 2.45) is 0 Å². The van der Waals surface area contributed by atoms with E-state index < -0.39 is 0 Å². The topological polar surface area (TPSA) is 78.0 Å². The van der Waals surface area contributed by atoms with E-state index in [0.29, 0.717) is 12.1 Å². The lowest BCUT2D eigenvalue weighted by molar-refractivity contribution is 0.273. The fourth-order valence-corrected chi connectivity index (χ4v) is 1.75. The quantitative estimate of drug-likeness (QED) is 0.727. The Morgan fingerprint density at radius 3 is 2.78 bits per heavy atom. The number of rotatable bonds is 5. The highest BCUT2D eigenvalue weighted by molar-refractivity contribution is 5.40. The van der Waals surface area contributed by atoms with Gasteiger partial charge in [0.2, 0.25) is 0 Å². The summed E-state index contributed by atoms with van der Waals surface area (Å²) >= 11 is 0. The molecule has 0 bridgehead atoms. The van der Waals surface area contributed by atoms with E-state index in [-0.39, 0.29) is 18.2 Å². The lowest BCUT2D eigenvalue weighted by Gasteiger charge is -2.17. The minimum atomic E-state index is -0.267. The third kappa shape index (κ3) is 3.43. The number of hydrogen-bond acceptors (Lipinski definition) is 4.